The van der Waals surface area contributed by atoms with Crippen LogP contribution in [0.25, 0.3) is 11.5 Å². The zero-order valence-corrected chi connectivity index (χ0v) is 12.1. The number of carboxylic acid groups (broad SMARTS) is 1. The summed E-state index contributed by atoms with van der Waals surface area (Å²) >= 11 is 0. The predicted octanol–water partition coefficient (Wildman–Crippen LogP) is 3.31. The molecule has 2 aromatic rings. The summed E-state index contributed by atoms with van der Waals surface area (Å²) in [6.45, 7) is 4.51. The lowest BCUT2D eigenvalue weighted by molar-refractivity contribution is 0.0477. The highest BCUT2D eigenvalue weighted by Crippen LogP contribution is 2.26. The Kier molecular flexibility index (Phi) is 5.05. The number of aromatic nitrogens is 2. The lowest BCUT2D eigenvalue weighted by Crippen LogP contribution is -2.06. The standard InChI is InChI=1S/C15H18N2O4/c1-3-7-12(20-4-2)13-16-14(21-17-13)10-8-5-6-9-11(10)15(18)19/h5-6,8-9,12H,3-4,7H2,1-2H3,(H,18,19). The second-order valence-electron chi connectivity index (χ2n) is 4.54. The van der Waals surface area contributed by atoms with Gasteiger partial charge in [-0.25, -0.2) is 4.79 Å². The van der Waals surface area contributed by atoms with E-state index in [0.717, 1.165) is 12.8 Å². The number of hydrogen-bond acceptors (Lipinski definition) is 5. The first-order valence-corrected chi connectivity index (χ1v) is 6.95. The third kappa shape index (κ3) is 3.46. The van der Waals surface area contributed by atoms with Gasteiger partial charge < -0.3 is 14.4 Å². The number of carboxylic acids is 1. The first-order chi connectivity index (χ1) is 10.2. The maximum atomic E-state index is 11.2. The molecule has 0 aliphatic rings. The molecule has 0 bridgehead atoms. The number of nitrogens with zero attached hydrogens (tertiary/aromatic N) is 2. The SMILES string of the molecule is CCCC(OCC)c1noc(-c2ccccc2C(=O)O)n1. The molecule has 21 heavy (non-hydrogen) atoms. The molecule has 0 amide bonds. The van der Waals surface area contributed by atoms with Gasteiger partial charge in [0.15, 0.2) is 0 Å². The largest absolute Gasteiger partial charge is 0.478 e. The van der Waals surface area contributed by atoms with Gasteiger partial charge in [-0.15, -0.1) is 0 Å². The summed E-state index contributed by atoms with van der Waals surface area (Å²) in [6.07, 6.45) is 1.49. The van der Waals surface area contributed by atoms with E-state index in [1.807, 2.05) is 13.8 Å². The number of ether oxygens (including phenoxy) is 1. The number of hydrogen-bond donors (Lipinski definition) is 1. The average molecular weight is 290 g/mol. The van der Waals surface area contributed by atoms with Gasteiger partial charge in [-0.2, -0.15) is 4.98 Å². The molecule has 0 saturated carbocycles. The van der Waals surface area contributed by atoms with Crippen molar-refractivity contribution in [2.24, 2.45) is 0 Å². The van der Waals surface area contributed by atoms with Crippen molar-refractivity contribution in [2.75, 3.05) is 6.61 Å². The molecule has 2 rings (SSSR count). The van der Waals surface area contributed by atoms with Gasteiger partial charge in [0, 0.05) is 6.61 Å². The minimum absolute atomic E-state index is 0.135. The van der Waals surface area contributed by atoms with Crippen LogP contribution in [0.5, 0.6) is 0 Å². The fourth-order valence-electron chi connectivity index (χ4n) is 2.08. The van der Waals surface area contributed by atoms with Crippen molar-refractivity contribution < 1.29 is 19.2 Å². The van der Waals surface area contributed by atoms with Gasteiger partial charge >= 0.3 is 5.97 Å². The van der Waals surface area contributed by atoms with Crippen LogP contribution in [0.3, 0.4) is 0 Å². The molecule has 1 heterocycles. The minimum atomic E-state index is -1.03. The van der Waals surface area contributed by atoms with Crippen molar-refractivity contribution in [2.45, 2.75) is 32.8 Å². The van der Waals surface area contributed by atoms with Crippen LogP contribution in [0.15, 0.2) is 28.8 Å². The fourth-order valence-corrected chi connectivity index (χ4v) is 2.08. The van der Waals surface area contributed by atoms with Gasteiger partial charge in [0.2, 0.25) is 5.82 Å². The highest BCUT2D eigenvalue weighted by atomic mass is 16.5. The number of rotatable bonds is 7. The third-order valence-electron chi connectivity index (χ3n) is 3.04. The van der Waals surface area contributed by atoms with Crippen LogP contribution < -0.4 is 0 Å². The molecule has 0 aliphatic heterocycles. The predicted molar refractivity (Wildman–Crippen MR) is 76.0 cm³/mol. The number of carbonyl (C=O) groups is 1. The zero-order chi connectivity index (χ0) is 15.2. The van der Waals surface area contributed by atoms with Gasteiger partial charge in [-0.3, -0.25) is 0 Å². The topological polar surface area (TPSA) is 85.5 Å². The van der Waals surface area contributed by atoms with Gasteiger partial charge in [0.05, 0.1) is 11.1 Å². The summed E-state index contributed by atoms with van der Waals surface area (Å²) in [5, 5.41) is 13.1. The van der Waals surface area contributed by atoms with Crippen LogP contribution in [0, 0.1) is 0 Å². The van der Waals surface area contributed by atoms with E-state index in [-0.39, 0.29) is 17.6 Å². The molecule has 112 valence electrons. The summed E-state index contributed by atoms with van der Waals surface area (Å²) in [4.78, 5) is 15.5. The van der Waals surface area contributed by atoms with Crippen molar-refractivity contribution in [3.8, 4) is 11.5 Å². The zero-order valence-electron chi connectivity index (χ0n) is 12.1. The second kappa shape index (κ2) is 6.99. The van der Waals surface area contributed by atoms with Crippen molar-refractivity contribution in [3.05, 3.63) is 35.7 Å². The van der Waals surface area contributed by atoms with Gasteiger partial charge in [0.1, 0.15) is 6.10 Å². The Morgan fingerprint density at radius 2 is 2.14 bits per heavy atom. The van der Waals surface area contributed by atoms with E-state index in [0.29, 0.717) is 18.0 Å². The maximum Gasteiger partial charge on any atom is 0.336 e. The highest BCUT2D eigenvalue weighted by Gasteiger charge is 2.21. The fraction of sp³-hybridized carbons (Fsp3) is 0.400. The molecule has 1 unspecified atom stereocenters. The summed E-state index contributed by atoms with van der Waals surface area (Å²) in [5.74, 6) is -0.377. The van der Waals surface area contributed by atoms with E-state index in [4.69, 9.17) is 9.26 Å². The molecule has 0 spiro atoms. The van der Waals surface area contributed by atoms with Crippen molar-refractivity contribution in [1.29, 1.82) is 0 Å². The van der Waals surface area contributed by atoms with Gasteiger partial charge in [-0.1, -0.05) is 30.6 Å². The van der Waals surface area contributed by atoms with Crippen LogP contribution in [-0.4, -0.2) is 27.8 Å². The Labute approximate surface area is 122 Å². The Balaban J connectivity index is 2.33. The third-order valence-corrected chi connectivity index (χ3v) is 3.04. The molecular formula is C15H18N2O4. The lowest BCUT2D eigenvalue weighted by atomic mass is 10.1. The first kappa shape index (κ1) is 15.2. The normalized spacial score (nSPS) is 12.3. The van der Waals surface area contributed by atoms with Gasteiger partial charge in [0.25, 0.3) is 5.89 Å². The molecule has 0 fully saturated rings. The summed E-state index contributed by atoms with van der Waals surface area (Å²) < 4.78 is 10.8. The summed E-state index contributed by atoms with van der Waals surface area (Å²) in [7, 11) is 0. The van der Waals surface area contributed by atoms with Gasteiger partial charge in [-0.05, 0) is 25.5 Å². The van der Waals surface area contributed by atoms with E-state index in [9.17, 15) is 9.90 Å². The van der Waals surface area contributed by atoms with E-state index >= 15 is 0 Å². The second-order valence-corrected chi connectivity index (χ2v) is 4.54. The first-order valence-electron chi connectivity index (χ1n) is 6.95. The molecule has 6 heteroatoms. The van der Waals surface area contributed by atoms with Crippen molar-refractivity contribution in [3.63, 3.8) is 0 Å². The summed E-state index contributed by atoms with van der Waals surface area (Å²) in [5.41, 5.74) is 0.548. The van der Waals surface area contributed by atoms with Crippen LogP contribution in [0.1, 0.15) is 49.0 Å². The Hall–Kier alpha value is -2.21. The van der Waals surface area contributed by atoms with Crippen LogP contribution >= 0.6 is 0 Å². The maximum absolute atomic E-state index is 11.2. The molecular weight excluding hydrogens is 272 g/mol. The van der Waals surface area contributed by atoms with Crippen LogP contribution in [0.4, 0.5) is 0 Å². The van der Waals surface area contributed by atoms with E-state index < -0.39 is 5.97 Å². The molecule has 0 aliphatic carbocycles. The molecule has 1 aromatic carbocycles. The molecule has 1 atom stereocenters. The minimum Gasteiger partial charge on any atom is -0.478 e. The summed E-state index contributed by atoms with van der Waals surface area (Å²) in [6, 6.07) is 6.55. The Morgan fingerprint density at radius 1 is 1.38 bits per heavy atom. The van der Waals surface area contributed by atoms with E-state index in [2.05, 4.69) is 10.1 Å². The Morgan fingerprint density at radius 3 is 2.81 bits per heavy atom. The van der Waals surface area contributed by atoms with Crippen molar-refractivity contribution >= 4 is 5.97 Å². The van der Waals surface area contributed by atoms with Crippen LogP contribution in [-0.2, 0) is 4.74 Å². The molecule has 0 radical (unpaired) electrons. The molecule has 1 N–H and O–H groups in total. The number of aromatic carboxylic acids is 1. The highest BCUT2D eigenvalue weighted by molar-refractivity contribution is 5.94. The molecule has 6 nitrogen and oxygen atoms in total. The smallest absolute Gasteiger partial charge is 0.336 e. The quantitative estimate of drug-likeness (QED) is 0.842. The monoisotopic (exact) mass is 290 g/mol. The van der Waals surface area contributed by atoms with E-state index in [1.165, 1.54) is 6.07 Å². The molecule has 1 aromatic heterocycles. The van der Waals surface area contributed by atoms with E-state index in [1.54, 1.807) is 18.2 Å². The van der Waals surface area contributed by atoms with Crippen LogP contribution in [0.2, 0.25) is 0 Å². The lowest BCUT2D eigenvalue weighted by Gasteiger charge is -2.11. The Bertz CT molecular complexity index is 603. The number of benzene rings is 1. The molecule has 0 saturated heterocycles. The van der Waals surface area contributed by atoms with Crippen molar-refractivity contribution in [1.82, 2.24) is 10.1 Å². The average Bonchev–Trinajstić information content (AvgIpc) is 2.96.